The molecule has 2 aliphatic rings. The quantitative estimate of drug-likeness (QED) is 0.766. The Hall–Kier alpha value is -2.35. The second-order valence-corrected chi connectivity index (χ2v) is 7.45. The van der Waals surface area contributed by atoms with Crippen LogP contribution in [0.25, 0.3) is 0 Å². The standard InChI is InChI=1S/C22H27FN2O4/c23-17-5-7-18(8-6-17)25-11-9-24(10-12-25)13-19(26)14-27-15-20-16-28-21-3-1-2-4-22(21)29-20/h1-8,19-20,26H,9-16H2/t19-,20-/m1/s1. The number of β-amino-alcohol motifs (C(OH)–C–C–N with tert-alkyl or cyclic N) is 1. The van der Waals surface area contributed by atoms with Crippen LogP contribution in [0, 0.1) is 5.82 Å². The second-order valence-electron chi connectivity index (χ2n) is 7.45. The first-order chi connectivity index (χ1) is 14.2. The third-order valence-electron chi connectivity index (χ3n) is 5.21. The zero-order chi connectivity index (χ0) is 20.1. The maximum atomic E-state index is 13.1. The highest BCUT2D eigenvalue weighted by Gasteiger charge is 2.22. The van der Waals surface area contributed by atoms with Crippen molar-refractivity contribution < 1.29 is 23.7 Å². The molecule has 2 aromatic carbocycles. The maximum Gasteiger partial charge on any atom is 0.161 e. The number of hydrogen-bond acceptors (Lipinski definition) is 6. The van der Waals surface area contributed by atoms with Crippen molar-refractivity contribution in [3.63, 3.8) is 0 Å². The number of rotatable bonds is 7. The summed E-state index contributed by atoms with van der Waals surface area (Å²) in [6.45, 7) is 5.07. The van der Waals surface area contributed by atoms with Crippen LogP contribution in [-0.4, -0.2) is 74.8 Å². The molecule has 0 aliphatic carbocycles. The van der Waals surface area contributed by atoms with Crippen LogP contribution >= 0.6 is 0 Å². The van der Waals surface area contributed by atoms with E-state index in [1.807, 2.05) is 36.4 Å². The Bertz CT molecular complexity index is 781. The summed E-state index contributed by atoms with van der Waals surface area (Å²) < 4.78 is 30.3. The van der Waals surface area contributed by atoms with Crippen molar-refractivity contribution in [1.29, 1.82) is 0 Å². The van der Waals surface area contributed by atoms with Gasteiger partial charge in [-0.3, -0.25) is 4.90 Å². The average molecular weight is 402 g/mol. The first-order valence-corrected chi connectivity index (χ1v) is 10.0. The molecule has 2 aromatic rings. The first kappa shape index (κ1) is 19.9. The van der Waals surface area contributed by atoms with Crippen molar-refractivity contribution >= 4 is 5.69 Å². The molecule has 6 nitrogen and oxygen atoms in total. The first-order valence-electron chi connectivity index (χ1n) is 10.0. The maximum absolute atomic E-state index is 13.1. The number of nitrogens with zero attached hydrogens (tertiary/aromatic N) is 2. The highest BCUT2D eigenvalue weighted by atomic mass is 19.1. The molecule has 2 aliphatic heterocycles. The van der Waals surface area contributed by atoms with Crippen LogP contribution in [0.5, 0.6) is 11.5 Å². The van der Waals surface area contributed by atoms with Crippen molar-refractivity contribution in [1.82, 2.24) is 4.90 Å². The fourth-order valence-electron chi connectivity index (χ4n) is 3.67. The number of fused-ring (bicyclic) bond motifs is 1. The molecular weight excluding hydrogens is 375 g/mol. The van der Waals surface area contributed by atoms with Crippen LogP contribution in [0.3, 0.4) is 0 Å². The molecule has 0 amide bonds. The van der Waals surface area contributed by atoms with Gasteiger partial charge in [-0.05, 0) is 36.4 Å². The third-order valence-corrected chi connectivity index (χ3v) is 5.21. The largest absolute Gasteiger partial charge is 0.486 e. The summed E-state index contributed by atoms with van der Waals surface area (Å²) in [4.78, 5) is 4.46. The second kappa shape index (κ2) is 9.43. The predicted molar refractivity (Wildman–Crippen MR) is 108 cm³/mol. The number of benzene rings is 2. The van der Waals surface area contributed by atoms with E-state index in [0.717, 1.165) is 43.4 Å². The summed E-state index contributed by atoms with van der Waals surface area (Å²) >= 11 is 0. The molecule has 29 heavy (non-hydrogen) atoms. The fourth-order valence-corrected chi connectivity index (χ4v) is 3.67. The van der Waals surface area contributed by atoms with Gasteiger partial charge in [0.05, 0.1) is 19.3 Å². The lowest BCUT2D eigenvalue weighted by molar-refractivity contribution is -0.0292. The molecule has 0 unspecified atom stereocenters. The highest BCUT2D eigenvalue weighted by molar-refractivity contribution is 5.46. The molecule has 0 aromatic heterocycles. The average Bonchev–Trinajstić information content (AvgIpc) is 2.75. The van der Waals surface area contributed by atoms with E-state index in [1.54, 1.807) is 0 Å². The summed E-state index contributed by atoms with van der Waals surface area (Å²) in [7, 11) is 0. The number of piperazine rings is 1. The lowest BCUT2D eigenvalue weighted by Gasteiger charge is -2.37. The number of halogens is 1. The van der Waals surface area contributed by atoms with Crippen molar-refractivity contribution in [3.05, 3.63) is 54.3 Å². The molecule has 2 heterocycles. The molecule has 0 spiro atoms. The van der Waals surface area contributed by atoms with Gasteiger partial charge in [0, 0.05) is 38.4 Å². The Balaban J connectivity index is 1.14. The van der Waals surface area contributed by atoms with Crippen LogP contribution in [0.2, 0.25) is 0 Å². The van der Waals surface area contributed by atoms with Gasteiger partial charge < -0.3 is 24.2 Å². The van der Waals surface area contributed by atoms with Crippen LogP contribution < -0.4 is 14.4 Å². The minimum atomic E-state index is -0.552. The van der Waals surface area contributed by atoms with Gasteiger partial charge in [0.25, 0.3) is 0 Å². The topological polar surface area (TPSA) is 54.4 Å². The molecule has 0 radical (unpaired) electrons. The molecule has 1 N–H and O–H groups in total. The van der Waals surface area contributed by atoms with Crippen LogP contribution in [0.15, 0.2) is 48.5 Å². The zero-order valence-electron chi connectivity index (χ0n) is 16.4. The number of hydrogen-bond donors (Lipinski definition) is 1. The van der Waals surface area contributed by atoms with Crippen molar-refractivity contribution in [2.75, 3.05) is 57.4 Å². The monoisotopic (exact) mass is 402 g/mol. The van der Waals surface area contributed by atoms with E-state index in [9.17, 15) is 9.50 Å². The SMILES string of the molecule is O[C@@H](COC[C@@H]1COc2ccccc2O1)CN1CCN(c2ccc(F)cc2)CC1. The molecule has 0 bridgehead atoms. The minimum absolute atomic E-state index is 0.170. The van der Waals surface area contributed by atoms with Gasteiger partial charge in [0.2, 0.25) is 0 Å². The number of aliphatic hydroxyl groups excluding tert-OH is 1. The predicted octanol–water partition coefficient (Wildman–Crippen LogP) is 2.17. The summed E-state index contributed by atoms with van der Waals surface area (Å²) in [6.07, 6.45) is -0.722. The summed E-state index contributed by atoms with van der Waals surface area (Å²) in [5.41, 5.74) is 1.03. The van der Waals surface area contributed by atoms with Crippen LogP contribution in [0.4, 0.5) is 10.1 Å². The molecular formula is C22H27FN2O4. The van der Waals surface area contributed by atoms with E-state index in [1.165, 1.54) is 12.1 Å². The van der Waals surface area contributed by atoms with Crippen molar-refractivity contribution in [3.8, 4) is 11.5 Å². The van der Waals surface area contributed by atoms with Gasteiger partial charge in [0.15, 0.2) is 17.6 Å². The van der Waals surface area contributed by atoms with Gasteiger partial charge in [-0.15, -0.1) is 0 Å². The molecule has 1 fully saturated rings. The van der Waals surface area contributed by atoms with E-state index in [4.69, 9.17) is 14.2 Å². The summed E-state index contributed by atoms with van der Waals surface area (Å²) in [5.74, 6) is 1.26. The summed E-state index contributed by atoms with van der Waals surface area (Å²) in [5, 5.41) is 10.3. The third kappa shape index (κ3) is 5.38. The van der Waals surface area contributed by atoms with E-state index < -0.39 is 6.10 Å². The van der Waals surface area contributed by atoms with E-state index in [-0.39, 0.29) is 18.5 Å². The van der Waals surface area contributed by atoms with Crippen molar-refractivity contribution in [2.45, 2.75) is 12.2 Å². The van der Waals surface area contributed by atoms with Crippen molar-refractivity contribution in [2.24, 2.45) is 0 Å². The van der Waals surface area contributed by atoms with Gasteiger partial charge >= 0.3 is 0 Å². The zero-order valence-corrected chi connectivity index (χ0v) is 16.4. The van der Waals surface area contributed by atoms with Crippen LogP contribution in [-0.2, 0) is 4.74 Å². The Morgan fingerprint density at radius 3 is 2.52 bits per heavy atom. The Kier molecular flexibility index (Phi) is 6.49. The van der Waals surface area contributed by atoms with Gasteiger partial charge in [0.1, 0.15) is 12.4 Å². The van der Waals surface area contributed by atoms with E-state index >= 15 is 0 Å². The molecule has 1 saturated heterocycles. The Morgan fingerprint density at radius 1 is 1.03 bits per heavy atom. The lowest BCUT2D eigenvalue weighted by atomic mass is 10.2. The highest BCUT2D eigenvalue weighted by Crippen LogP contribution is 2.30. The minimum Gasteiger partial charge on any atom is -0.486 e. The molecule has 0 saturated carbocycles. The number of aliphatic hydroxyl groups is 1. The van der Waals surface area contributed by atoms with Gasteiger partial charge in [-0.25, -0.2) is 4.39 Å². The van der Waals surface area contributed by atoms with Crippen LogP contribution in [0.1, 0.15) is 0 Å². The van der Waals surface area contributed by atoms with E-state index in [0.29, 0.717) is 19.8 Å². The normalized spacial score (nSPS) is 20.5. The fraction of sp³-hybridized carbons (Fsp3) is 0.455. The number of para-hydroxylation sites is 2. The molecule has 4 rings (SSSR count). The van der Waals surface area contributed by atoms with Gasteiger partial charge in [-0.1, -0.05) is 12.1 Å². The molecule has 2 atom stereocenters. The summed E-state index contributed by atoms with van der Waals surface area (Å²) in [6, 6.07) is 14.2. The van der Waals surface area contributed by atoms with E-state index in [2.05, 4.69) is 9.80 Å². The smallest absolute Gasteiger partial charge is 0.161 e. The molecule has 7 heteroatoms. The number of anilines is 1. The Labute approximate surface area is 170 Å². The molecule has 156 valence electrons. The Morgan fingerprint density at radius 2 is 1.76 bits per heavy atom. The lowest BCUT2D eigenvalue weighted by Crippen LogP contribution is -2.49. The number of ether oxygens (including phenoxy) is 3. The van der Waals surface area contributed by atoms with Gasteiger partial charge in [-0.2, -0.15) is 0 Å².